The summed E-state index contributed by atoms with van der Waals surface area (Å²) >= 11 is 1.22. The molecule has 3 N–H and O–H groups in total. The van der Waals surface area contributed by atoms with E-state index < -0.39 is 5.25 Å². The molecule has 0 aliphatic rings. The minimum atomic E-state index is -0.598. The number of anilines is 1. The Labute approximate surface area is 202 Å². The van der Waals surface area contributed by atoms with Gasteiger partial charge in [0.1, 0.15) is 16.7 Å². The van der Waals surface area contributed by atoms with Crippen molar-refractivity contribution in [2.45, 2.75) is 17.3 Å². The second kappa shape index (κ2) is 10.3. The molecule has 1 amide bonds. The average Bonchev–Trinajstić information content (AvgIpc) is 3.23. The molecule has 0 aliphatic carbocycles. The number of nitrogens with one attached hydrogen (secondary N) is 1. The summed E-state index contributed by atoms with van der Waals surface area (Å²) < 4.78 is 12.1. The standard InChI is InChI=1S/C25H25N5O3S/c1-16-9-11-18(12-10-16)27-24(31)22(17-7-5-4-6-8-17)34-25-29-28-23(30(25)26)20-14-13-19(32-2)15-21(20)33-3/h4-15,22H,26H2,1-3H3,(H,27,31). The first kappa shape index (κ1) is 23.2. The van der Waals surface area contributed by atoms with Crippen molar-refractivity contribution >= 4 is 23.4 Å². The summed E-state index contributed by atoms with van der Waals surface area (Å²) in [5.41, 5.74) is 3.31. The number of thioether (sulfide) groups is 1. The van der Waals surface area contributed by atoms with Gasteiger partial charge in [-0.05, 0) is 36.8 Å². The predicted molar refractivity (Wildman–Crippen MR) is 134 cm³/mol. The van der Waals surface area contributed by atoms with Crippen LogP contribution in [0.25, 0.3) is 11.4 Å². The smallest absolute Gasteiger partial charge is 0.242 e. The molecule has 3 aromatic carbocycles. The number of ether oxygens (including phenoxy) is 2. The monoisotopic (exact) mass is 475 g/mol. The van der Waals surface area contributed by atoms with Crippen molar-refractivity contribution in [1.29, 1.82) is 0 Å². The molecule has 34 heavy (non-hydrogen) atoms. The Balaban J connectivity index is 1.64. The summed E-state index contributed by atoms with van der Waals surface area (Å²) in [6, 6.07) is 22.5. The summed E-state index contributed by atoms with van der Waals surface area (Å²) in [5, 5.41) is 11.3. The Morgan fingerprint density at radius 2 is 1.74 bits per heavy atom. The second-order valence-electron chi connectivity index (χ2n) is 7.51. The molecule has 0 aliphatic heterocycles. The van der Waals surface area contributed by atoms with Gasteiger partial charge in [0.15, 0.2) is 5.82 Å². The molecule has 1 unspecified atom stereocenters. The maximum atomic E-state index is 13.3. The molecule has 9 heteroatoms. The van der Waals surface area contributed by atoms with Gasteiger partial charge in [-0.15, -0.1) is 10.2 Å². The molecule has 8 nitrogen and oxygen atoms in total. The van der Waals surface area contributed by atoms with E-state index >= 15 is 0 Å². The van der Waals surface area contributed by atoms with Gasteiger partial charge >= 0.3 is 0 Å². The number of aryl methyl sites for hydroxylation is 1. The highest BCUT2D eigenvalue weighted by atomic mass is 32.2. The van der Waals surface area contributed by atoms with Crippen molar-refractivity contribution < 1.29 is 14.3 Å². The summed E-state index contributed by atoms with van der Waals surface area (Å²) in [6.07, 6.45) is 0. The molecular weight excluding hydrogens is 450 g/mol. The Morgan fingerprint density at radius 1 is 1.00 bits per heavy atom. The van der Waals surface area contributed by atoms with Crippen LogP contribution in [0.1, 0.15) is 16.4 Å². The van der Waals surface area contributed by atoms with E-state index in [1.807, 2.05) is 61.5 Å². The van der Waals surface area contributed by atoms with Gasteiger partial charge in [0.25, 0.3) is 0 Å². The van der Waals surface area contributed by atoms with Crippen LogP contribution >= 0.6 is 11.8 Å². The quantitative estimate of drug-likeness (QED) is 0.286. The molecule has 1 aromatic heterocycles. The fourth-order valence-electron chi connectivity index (χ4n) is 3.38. The molecule has 0 fully saturated rings. The number of methoxy groups -OCH3 is 2. The van der Waals surface area contributed by atoms with Crippen LogP contribution in [0, 0.1) is 6.92 Å². The SMILES string of the molecule is COc1ccc(-c2nnc(SC(C(=O)Nc3ccc(C)cc3)c3ccccc3)n2N)c(OC)c1. The highest BCUT2D eigenvalue weighted by Gasteiger charge is 2.26. The fraction of sp³-hybridized carbons (Fsp3) is 0.160. The van der Waals surface area contributed by atoms with Crippen molar-refractivity contribution in [2.24, 2.45) is 0 Å². The zero-order valence-corrected chi connectivity index (χ0v) is 19.9. The fourth-order valence-corrected chi connectivity index (χ4v) is 4.33. The number of nitrogens with zero attached hydrogens (tertiary/aromatic N) is 3. The minimum absolute atomic E-state index is 0.188. The molecule has 0 saturated heterocycles. The van der Waals surface area contributed by atoms with Gasteiger partial charge in [-0.3, -0.25) is 4.79 Å². The van der Waals surface area contributed by atoms with E-state index in [2.05, 4.69) is 15.5 Å². The Kier molecular flexibility index (Phi) is 7.03. The number of nitrogen functional groups attached to an aromatic ring is 1. The lowest BCUT2D eigenvalue weighted by Crippen LogP contribution is -2.20. The zero-order valence-electron chi connectivity index (χ0n) is 19.1. The molecule has 0 bridgehead atoms. The van der Waals surface area contributed by atoms with Crippen LogP contribution in [0.4, 0.5) is 5.69 Å². The van der Waals surface area contributed by atoms with Crippen molar-refractivity contribution in [1.82, 2.24) is 14.9 Å². The van der Waals surface area contributed by atoms with Crippen LogP contribution in [-0.4, -0.2) is 35.0 Å². The summed E-state index contributed by atoms with van der Waals surface area (Å²) in [6.45, 7) is 2.00. The van der Waals surface area contributed by atoms with Crippen LogP contribution < -0.4 is 20.6 Å². The lowest BCUT2D eigenvalue weighted by Gasteiger charge is -2.17. The minimum Gasteiger partial charge on any atom is -0.497 e. The highest BCUT2D eigenvalue weighted by Crippen LogP contribution is 2.38. The van der Waals surface area contributed by atoms with Gasteiger partial charge in [0.05, 0.1) is 19.8 Å². The molecular formula is C25H25N5O3S. The third-order valence-corrected chi connectivity index (χ3v) is 6.41. The van der Waals surface area contributed by atoms with Crippen LogP contribution in [0.2, 0.25) is 0 Å². The number of carbonyl (C=O) groups is 1. The number of benzene rings is 3. The number of hydrogen-bond donors (Lipinski definition) is 2. The number of aromatic nitrogens is 3. The van der Waals surface area contributed by atoms with Crippen molar-refractivity contribution in [3.63, 3.8) is 0 Å². The molecule has 1 heterocycles. The number of amides is 1. The van der Waals surface area contributed by atoms with E-state index in [1.165, 1.54) is 16.4 Å². The van der Waals surface area contributed by atoms with Gasteiger partial charge in [0.2, 0.25) is 11.1 Å². The Morgan fingerprint density at radius 3 is 2.41 bits per heavy atom. The van der Waals surface area contributed by atoms with E-state index in [1.54, 1.807) is 32.4 Å². The molecule has 0 saturated carbocycles. The van der Waals surface area contributed by atoms with Crippen LogP contribution in [-0.2, 0) is 4.79 Å². The first-order valence-corrected chi connectivity index (χ1v) is 11.4. The molecule has 4 rings (SSSR count). The first-order valence-electron chi connectivity index (χ1n) is 10.5. The van der Waals surface area contributed by atoms with E-state index in [4.69, 9.17) is 15.3 Å². The number of nitrogens with two attached hydrogens (primary N) is 1. The number of rotatable bonds is 8. The van der Waals surface area contributed by atoms with E-state index in [0.717, 1.165) is 16.8 Å². The Bertz CT molecular complexity index is 1280. The van der Waals surface area contributed by atoms with Crippen molar-refractivity contribution in [2.75, 3.05) is 25.4 Å². The summed E-state index contributed by atoms with van der Waals surface area (Å²) in [7, 11) is 3.14. The predicted octanol–water partition coefficient (Wildman–Crippen LogP) is 4.46. The third-order valence-electron chi connectivity index (χ3n) is 5.20. The van der Waals surface area contributed by atoms with Crippen LogP contribution in [0.3, 0.4) is 0 Å². The van der Waals surface area contributed by atoms with Crippen molar-refractivity contribution in [3.05, 3.63) is 83.9 Å². The lowest BCUT2D eigenvalue weighted by atomic mass is 10.1. The van der Waals surface area contributed by atoms with E-state index in [-0.39, 0.29) is 5.91 Å². The van der Waals surface area contributed by atoms with Gasteiger partial charge in [-0.1, -0.05) is 59.8 Å². The third kappa shape index (κ3) is 4.99. The Hall–Kier alpha value is -3.98. The van der Waals surface area contributed by atoms with Gasteiger partial charge in [0, 0.05) is 11.8 Å². The maximum absolute atomic E-state index is 13.3. The lowest BCUT2D eigenvalue weighted by molar-refractivity contribution is -0.115. The van der Waals surface area contributed by atoms with E-state index in [9.17, 15) is 4.79 Å². The van der Waals surface area contributed by atoms with Crippen LogP contribution in [0.5, 0.6) is 11.5 Å². The van der Waals surface area contributed by atoms with Crippen molar-refractivity contribution in [3.8, 4) is 22.9 Å². The van der Waals surface area contributed by atoms with E-state index in [0.29, 0.717) is 28.0 Å². The maximum Gasteiger partial charge on any atom is 0.242 e. The molecule has 0 spiro atoms. The highest BCUT2D eigenvalue weighted by molar-refractivity contribution is 8.00. The summed E-state index contributed by atoms with van der Waals surface area (Å²) in [4.78, 5) is 13.3. The largest absolute Gasteiger partial charge is 0.497 e. The molecule has 0 radical (unpaired) electrons. The molecule has 174 valence electrons. The van der Waals surface area contributed by atoms with Crippen LogP contribution in [0.15, 0.2) is 78.0 Å². The van der Waals surface area contributed by atoms with Gasteiger partial charge in [-0.25, -0.2) is 4.68 Å². The topological polar surface area (TPSA) is 104 Å². The second-order valence-corrected chi connectivity index (χ2v) is 8.58. The normalized spacial score (nSPS) is 11.6. The molecule has 4 aromatic rings. The number of carbonyl (C=O) groups excluding carboxylic acids is 1. The van der Waals surface area contributed by atoms with Gasteiger partial charge in [-0.2, -0.15) is 0 Å². The first-order chi connectivity index (χ1) is 16.5. The number of hydrogen-bond acceptors (Lipinski definition) is 7. The molecule has 1 atom stereocenters. The summed E-state index contributed by atoms with van der Waals surface area (Å²) in [5.74, 6) is 7.80. The van der Waals surface area contributed by atoms with Gasteiger partial charge < -0.3 is 20.6 Å². The average molecular weight is 476 g/mol. The zero-order chi connectivity index (χ0) is 24.1.